The quantitative estimate of drug-likeness (QED) is 0.381. The van der Waals surface area contributed by atoms with Crippen molar-refractivity contribution in [2.75, 3.05) is 6.54 Å². The molecule has 0 aliphatic rings. The lowest BCUT2D eigenvalue weighted by Gasteiger charge is -2.00. The molecule has 0 unspecified atom stereocenters. The molecule has 0 aliphatic carbocycles. The maximum Gasteiger partial charge on any atom is 0.270 e. The number of nitro groups is 1. The van der Waals surface area contributed by atoms with E-state index in [1.165, 1.54) is 42.6 Å². The van der Waals surface area contributed by atoms with E-state index in [9.17, 15) is 20.0 Å². The maximum absolute atomic E-state index is 11.9. The van der Waals surface area contributed by atoms with Crippen LogP contribution >= 0.6 is 0 Å². The molecule has 0 heterocycles. The predicted molar refractivity (Wildman–Crippen MR) is 79.7 cm³/mol. The number of nitrogens with zero attached hydrogens (tertiary/aromatic N) is 2. The van der Waals surface area contributed by atoms with Crippen LogP contribution in [0, 0.1) is 10.1 Å². The van der Waals surface area contributed by atoms with Crippen LogP contribution in [-0.4, -0.2) is 33.7 Å². The highest BCUT2D eigenvalue weighted by Gasteiger charge is 2.10. The van der Waals surface area contributed by atoms with Crippen LogP contribution in [0.3, 0.4) is 0 Å². The minimum absolute atomic E-state index is 0.0812. The van der Waals surface area contributed by atoms with Crippen LogP contribution in [0.2, 0.25) is 0 Å². The number of rotatable bonds is 5. The van der Waals surface area contributed by atoms with Gasteiger partial charge in [0.15, 0.2) is 5.78 Å². The molecule has 2 rings (SSSR count). The van der Waals surface area contributed by atoms with Gasteiger partial charge in [0.25, 0.3) is 5.69 Å². The monoisotopic (exact) mass is 300 g/mol. The number of benzene rings is 2. The minimum atomic E-state index is -0.575. The molecule has 2 aromatic rings. The number of Topliss-reactive ketones (excluding diaryl/α,β-unsaturated/α-hetero) is 1. The first-order valence-electron chi connectivity index (χ1n) is 6.27. The van der Waals surface area contributed by atoms with Gasteiger partial charge in [-0.2, -0.15) is 0 Å². The molecule has 0 aliphatic heterocycles. The second-order valence-electron chi connectivity index (χ2n) is 4.44. The second-order valence-corrected chi connectivity index (χ2v) is 4.44. The topological polar surface area (TPSA) is 113 Å². The summed E-state index contributed by atoms with van der Waals surface area (Å²) in [4.78, 5) is 25.9. The van der Waals surface area contributed by atoms with E-state index in [-0.39, 0.29) is 35.1 Å². The summed E-state index contributed by atoms with van der Waals surface area (Å²) in [6.07, 6.45) is 1.30. The molecule has 0 saturated heterocycles. The summed E-state index contributed by atoms with van der Waals surface area (Å²) in [6.45, 7) is -0.207. The first-order valence-corrected chi connectivity index (χ1v) is 6.27. The van der Waals surface area contributed by atoms with Crippen LogP contribution in [0.5, 0.6) is 11.5 Å². The van der Waals surface area contributed by atoms with Crippen LogP contribution in [0.15, 0.2) is 47.5 Å². The number of hydrogen-bond acceptors (Lipinski definition) is 6. The Bertz CT molecular complexity index is 755. The first-order chi connectivity index (χ1) is 10.5. The molecule has 0 spiro atoms. The van der Waals surface area contributed by atoms with Crippen molar-refractivity contribution in [3.63, 3.8) is 0 Å². The Morgan fingerprint density at radius 3 is 2.68 bits per heavy atom. The van der Waals surface area contributed by atoms with Gasteiger partial charge in [-0.1, -0.05) is 12.1 Å². The summed E-state index contributed by atoms with van der Waals surface area (Å²) >= 11 is 0. The van der Waals surface area contributed by atoms with Crippen molar-refractivity contribution in [1.82, 2.24) is 0 Å². The summed E-state index contributed by atoms with van der Waals surface area (Å²) in [5.41, 5.74) is 0.386. The van der Waals surface area contributed by atoms with Gasteiger partial charge in [0, 0.05) is 35.5 Å². The molecular formula is C15H12N2O5. The maximum atomic E-state index is 11.9. The van der Waals surface area contributed by atoms with E-state index in [1.807, 2.05) is 0 Å². The van der Waals surface area contributed by atoms with Crippen molar-refractivity contribution in [1.29, 1.82) is 0 Å². The van der Waals surface area contributed by atoms with Gasteiger partial charge in [0.05, 0.1) is 4.92 Å². The zero-order valence-electron chi connectivity index (χ0n) is 11.3. The van der Waals surface area contributed by atoms with Gasteiger partial charge in [0.2, 0.25) is 0 Å². The molecular weight excluding hydrogens is 288 g/mol. The van der Waals surface area contributed by atoms with Crippen molar-refractivity contribution < 1.29 is 19.9 Å². The Morgan fingerprint density at radius 2 is 2.00 bits per heavy atom. The van der Waals surface area contributed by atoms with E-state index in [0.29, 0.717) is 5.56 Å². The Morgan fingerprint density at radius 1 is 1.23 bits per heavy atom. The fourth-order valence-corrected chi connectivity index (χ4v) is 1.75. The van der Waals surface area contributed by atoms with Gasteiger partial charge in [-0.25, -0.2) is 0 Å². The van der Waals surface area contributed by atoms with Gasteiger partial charge >= 0.3 is 0 Å². The number of non-ortho nitro benzene ring substituents is 1. The van der Waals surface area contributed by atoms with E-state index >= 15 is 0 Å². The highest BCUT2D eigenvalue weighted by Crippen LogP contribution is 2.20. The van der Waals surface area contributed by atoms with Crippen LogP contribution in [0.1, 0.15) is 15.9 Å². The fraction of sp³-hybridized carbons (Fsp3) is 0.0667. The summed E-state index contributed by atoms with van der Waals surface area (Å²) in [5, 5.41) is 29.4. The van der Waals surface area contributed by atoms with Crippen LogP contribution in [-0.2, 0) is 0 Å². The molecule has 0 amide bonds. The fourth-order valence-electron chi connectivity index (χ4n) is 1.75. The molecule has 7 nitrogen and oxygen atoms in total. The van der Waals surface area contributed by atoms with Crippen molar-refractivity contribution in [2.24, 2.45) is 4.99 Å². The number of carbonyl (C=O) groups excluding carboxylic acids is 1. The van der Waals surface area contributed by atoms with Crippen molar-refractivity contribution >= 4 is 17.7 Å². The van der Waals surface area contributed by atoms with E-state index < -0.39 is 4.92 Å². The van der Waals surface area contributed by atoms with Crippen LogP contribution in [0.4, 0.5) is 5.69 Å². The summed E-state index contributed by atoms with van der Waals surface area (Å²) < 4.78 is 0. The molecule has 7 heteroatoms. The first kappa shape index (κ1) is 15.2. The van der Waals surface area contributed by atoms with Crippen LogP contribution in [0.25, 0.3) is 0 Å². The molecule has 2 N–H and O–H groups in total. The second kappa shape index (κ2) is 6.49. The number of hydrogen-bond donors (Lipinski definition) is 2. The van der Waals surface area contributed by atoms with Gasteiger partial charge in [-0.15, -0.1) is 0 Å². The predicted octanol–water partition coefficient (Wildman–Crippen LogP) is 2.31. The molecule has 0 radical (unpaired) electrons. The SMILES string of the molecule is O=C(CN=Cc1ccc(O)cc1O)c1cccc([N+](=O)[O-])c1. The average molecular weight is 300 g/mol. The molecule has 0 bridgehead atoms. The average Bonchev–Trinajstić information content (AvgIpc) is 2.49. The highest BCUT2D eigenvalue weighted by molar-refractivity contribution is 5.99. The van der Waals surface area contributed by atoms with Crippen molar-refractivity contribution in [3.8, 4) is 11.5 Å². The number of aromatic hydroxyl groups is 2. The smallest absolute Gasteiger partial charge is 0.270 e. The molecule has 2 aromatic carbocycles. The van der Waals surface area contributed by atoms with Crippen molar-refractivity contribution in [3.05, 3.63) is 63.7 Å². The third-order valence-electron chi connectivity index (χ3n) is 2.86. The van der Waals surface area contributed by atoms with E-state index in [4.69, 9.17) is 5.11 Å². The lowest BCUT2D eigenvalue weighted by atomic mass is 10.1. The van der Waals surface area contributed by atoms with E-state index in [2.05, 4.69) is 4.99 Å². The number of phenolic OH excluding ortho intramolecular Hbond substituents is 2. The Kier molecular flexibility index (Phi) is 4.47. The standard InChI is InChI=1S/C15H12N2O5/c18-13-5-4-11(14(19)7-13)8-16-9-15(20)10-2-1-3-12(6-10)17(21)22/h1-8,18-19H,9H2. The molecule has 0 aromatic heterocycles. The number of ketones is 1. The molecule has 0 atom stereocenters. The van der Waals surface area contributed by atoms with Crippen LogP contribution < -0.4 is 0 Å². The van der Waals surface area contributed by atoms with E-state index in [1.54, 1.807) is 0 Å². The Balaban J connectivity index is 2.08. The largest absolute Gasteiger partial charge is 0.508 e. The normalized spacial score (nSPS) is 10.7. The molecule has 0 saturated carbocycles. The third kappa shape index (κ3) is 3.66. The lowest BCUT2D eigenvalue weighted by Crippen LogP contribution is -2.04. The van der Waals surface area contributed by atoms with E-state index in [0.717, 1.165) is 6.07 Å². The third-order valence-corrected chi connectivity index (χ3v) is 2.86. The summed E-state index contributed by atoms with van der Waals surface area (Å²) in [5.74, 6) is -0.618. The summed E-state index contributed by atoms with van der Waals surface area (Å²) in [7, 11) is 0. The molecule has 22 heavy (non-hydrogen) atoms. The number of nitro benzene ring substituents is 1. The zero-order valence-corrected chi connectivity index (χ0v) is 11.3. The van der Waals surface area contributed by atoms with Gasteiger partial charge < -0.3 is 10.2 Å². The van der Waals surface area contributed by atoms with Gasteiger partial charge in [-0.05, 0) is 12.1 Å². The lowest BCUT2D eigenvalue weighted by molar-refractivity contribution is -0.384. The van der Waals surface area contributed by atoms with Crippen molar-refractivity contribution in [2.45, 2.75) is 0 Å². The summed E-state index contributed by atoms with van der Waals surface area (Å²) in [6, 6.07) is 9.38. The Hall–Kier alpha value is -3.22. The van der Waals surface area contributed by atoms with Gasteiger partial charge in [-0.3, -0.25) is 19.9 Å². The molecule has 112 valence electrons. The number of carbonyl (C=O) groups is 1. The van der Waals surface area contributed by atoms with Gasteiger partial charge in [0.1, 0.15) is 18.0 Å². The molecule has 0 fully saturated rings. The Labute approximate surface area is 125 Å². The number of aliphatic imine (C=N–C) groups is 1. The number of phenols is 2. The minimum Gasteiger partial charge on any atom is -0.508 e. The zero-order chi connectivity index (χ0) is 16.1. The highest BCUT2D eigenvalue weighted by atomic mass is 16.6.